The molecule has 2 atom stereocenters. The second-order valence-corrected chi connectivity index (χ2v) is 11.1. The molecule has 1 aliphatic heterocycles. The van der Waals surface area contributed by atoms with Gasteiger partial charge in [0.25, 0.3) is 0 Å². The first-order chi connectivity index (χ1) is 19.2. The van der Waals surface area contributed by atoms with Crippen molar-refractivity contribution in [3.8, 4) is 11.3 Å². The van der Waals surface area contributed by atoms with Crippen LogP contribution in [-0.2, 0) is 23.1 Å². The van der Waals surface area contributed by atoms with Gasteiger partial charge in [0.05, 0.1) is 29.9 Å². The standard InChI is InChI=1S/C32H38FN5O2/c1-6-23-24(28-18-35-30-15-20(2)11-13-38(28)30)7-9-26(31(23)22(4)39)36-29-10-8-25(32(5)12-14-40-19-32)27(37-29)17-34-16-21(3)33/h7-11,13,15,18,21,34H,6,12,14,16-17,19H2,1-5H3,(H,36,37)/t21?,32-/m1/s1. The predicted octanol–water partition coefficient (Wildman–Crippen LogP) is 6.34. The third-order valence-electron chi connectivity index (χ3n) is 7.79. The topological polar surface area (TPSA) is 80.6 Å². The molecule has 4 heterocycles. The van der Waals surface area contributed by atoms with Crippen LogP contribution in [0.15, 0.2) is 48.8 Å². The Balaban J connectivity index is 1.53. The van der Waals surface area contributed by atoms with Crippen LogP contribution in [0.1, 0.15) is 66.9 Å². The average molecular weight is 544 g/mol. The fourth-order valence-electron chi connectivity index (χ4n) is 5.71. The van der Waals surface area contributed by atoms with E-state index in [1.54, 1.807) is 6.92 Å². The fraction of sp³-hybridized carbons (Fsp3) is 0.406. The summed E-state index contributed by atoms with van der Waals surface area (Å²) in [7, 11) is 0. The highest BCUT2D eigenvalue weighted by atomic mass is 19.1. The van der Waals surface area contributed by atoms with Crippen LogP contribution in [0.2, 0.25) is 0 Å². The lowest BCUT2D eigenvalue weighted by molar-refractivity contribution is 0.101. The summed E-state index contributed by atoms with van der Waals surface area (Å²) in [5, 5.41) is 6.62. The van der Waals surface area contributed by atoms with Crippen LogP contribution in [0.3, 0.4) is 0 Å². The van der Waals surface area contributed by atoms with E-state index in [-0.39, 0.29) is 17.7 Å². The Hall–Kier alpha value is -3.62. The van der Waals surface area contributed by atoms with Gasteiger partial charge in [0.15, 0.2) is 5.78 Å². The van der Waals surface area contributed by atoms with Gasteiger partial charge in [-0.3, -0.25) is 9.20 Å². The number of rotatable bonds is 10. The number of fused-ring (bicyclic) bond motifs is 1. The molecule has 210 valence electrons. The van der Waals surface area contributed by atoms with E-state index >= 15 is 0 Å². The molecule has 4 aromatic rings. The molecule has 0 aliphatic carbocycles. The molecule has 7 nitrogen and oxygen atoms in total. The maximum atomic E-state index is 13.5. The molecule has 2 N–H and O–H groups in total. The van der Waals surface area contributed by atoms with Gasteiger partial charge in [0.1, 0.15) is 17.6 Å². The second-order valence-electron chi connectivity index (χ2n) is 11.1. The van der Waals surface area contributed by atoms with E-state index in [2.05, 4.69) is 46.0 Å². The van der Waals surface area contributed by atoms with Crippen molar-refractivity contribution in [2.24, 2.45) is 0 Å². The summed E-state index contributed by atoms with van der Waals surface area (Å²) >= 11 is 0. The number of carbonyl (C=O) groups is 1. The van der Waals surface area contributed by atoms with E-state index in [1.165, 1.54) is 6.92 Å². The normalized spacial score (nSPS) is 17.9. The molecule has 0 amide bonds. The van der Waals surface area contributed by atoms with Crippen molar-refractivity contribution in [2.75, 3.05) is 25.1 Å². The summed E-state index contributed by atoms with van der Waals surface area (Å²) in [6.07, 6.45) is 4.53. The first-order valence-electron chi connectivity index (χ1n) is 14.0. The number of carbonyl (C=O) groups excluding carboxylic acids is 1. The van der Waals surface area contributed by atoms with Crippen molar-refractivity contribution >= 4 is 22.9 Å². The van der Waals surface area contributed by atoms with E-state index in [9.17, 15) is 9.18 Å². The van der Waals surface area contributed by atoms with Crippen LogP contribution in [-0.4, -0.2) is 46.1 Å². The van der Waals surface area contributed by atoms with Gasteiger partial charge in [-0.2, -0.15) is 0 Å². The molecule has 8 heteroatoms. The van der Waals surface area contributed by atoms with Gasteiger partial charge < -0.3 is 15.4 Å². The lowest BCUT2D eigenvalue weighted by Crippen LogP contribution is -2.28. The Morgan fingerprint density at radius 3 is 2.77 bits per heavy atom. The second kappa shape index (κ2) is 11.5. The number of hydrogen-bond donors (Lipinski definition) is 2. The summed E-state index contributed by atoms with van der Waals surface area (Å²) in [5.74, 6) is 0.621. The van der Waals surface area contributed by atoms with Crippen molar-refractivity contribution in [1.82, 2.24) is 19.7 Å². The number of benzene rings is 1. The smallest absolute Gasteiger partial charge is 0.162 e. The number of nitrogens with zero attached hydrogens (tertiary/aromatic N) is 3. The number of pyridine rings is 2. The molecular formula is C32H38FN5O2. The van der Waals surface area contributed by atoms with Crippen LogP contribution in [0, 0.1) is 6.92 Å². The molecule has 3 aromatic heterocycles. The third kappa shape index (κ3) is 5.51. The Bertz CT molecular complexity index is 1540. The molecule has 1 aromatic carbocycles. The molecular weight excluding hydrogens is 505 g/mol. The zero-order chi connectivity index (χ0) is 28.4. The minimum absolute atomic E-state index is 0.0167. The minimum Gasteiger partial charge on any atom is -0.380 e. The maximum Gasteiger partial charge on any atom is 0.162 e. The van der Waals surface area contributed by atoms with Crippen LogP contribution < -0.4 is 10.6 Å². The van der Waals surface area contributed by atoms with Gasteiger partial charge in [-0.1, -0.05) is 26.0 Å². The van der Waals surface area contributed by atoms with Crippen LogP contribution in [0.4, 0.5) is 15.9 Å². The fourth-order valence-corrected chi connectivity index (χ4v) is 5.71. The number of imidazole rings is 1. The van der Waals surface area contributed by atoms with Gasteiger partial charge in [-0.25, -0.2) is 14.4 Å². The quantitative estimate of drug-likeness (QED) is 0.227. The molecule has 40 heavy (non-hydrogen) atoms. The maximum absolute atomic E-state index is 13.5. The Morgan fingerprint density at radius 1 is 1.25 bits per heavy atom. The lowest BCUT2D eigenvalue weighted by Gasteiger charge is -2.26. The van der Waals surface area contributed by atoms with E-state index in [0.717, 1.165) is 45.7 Å². The Labute approximate surface area is 235 Å². The molecule has 0 spiro atoms. The number of nitrogens with one attached hydrogen (secondary N) is 2. The number of aryl methyl sites for hydroxylation is 1. The predicted molar refractivity (Wildman–Crippen MR) is 157 cm³/mol. The van der Waals surface area contributed by atoms with E-state index in [4.69, 9.17) is 9.72 Å². The van der Waals surface area contributed by atoms with Gasteiger partial charge in [0, 0.05) is 42.4 Å². The summed E-state index contributed by atoms with van der Waals surface area (Å²) < 4.78 is 21.3. The number of Topliss-reactive ketones (excluding diaryl/α,β-unsaturated/α-hetero) is 1. The highest BCUT2D eigenvalue weighted by Crippen LogP contribution is 2.37. The summed E-state index contributed by atoms with van der Waals surface area (Å²) in [6, 6.07) is 12.1. The first-order valence-corrected chi connectivity index (χ1v) is 14.0. The molecule has 1 saturated heterocycles. The number of anilines is 2. The summed E-state index contributed by atoms with van der Waals surface area (Å²) in [6.45, 7) is 11.5. The monoisotopic (exact) mass is 543 g/mol. The zero-order valence-corrected chi connectivity index (χ0v) is 24.0. The average Bonchev–Trinajstić information content (AvgIpc) is 3.54. The highest BCUT2D eigenvalue weighted by molar-refractivity contribution is 6.03. The van der Waals surface area contributed by atoms with E-state index < -0.39 is 6.17 Å². The SMILES string of the molecule is CCc1c(-c2cnc3cc(C)ccn23)ccc(Nc2ccc([C@]3(C)CCOC3)c(CNCC(C)F)n2)c1C(C)=O. The van der Waals surface area contributed by atoms with Crippen molar-refractivity contribution in [3.05, 3.63) is 76.7 Å². The molecule has 0 bridgehead atoms. The van der Waals surface area contributed by atoms with Gasteiger partial charge >= 0.3 is 0 Å². The number of alkyl halides is 1. The lowest BCUT2D eigenvalue weighted by atomic mass is 9.81. The number of aromatic nitrogens is 3. The van der Waals surface area contributed by atoms with Crippen molar-refractivity contribution in [3.63, 3.8) is 0 Å². The molecule has 5 rings (SSSR count). The number of ketones is 1. The Kier molecular flexibility index (Phi) is 8.01. The van der Waals surface area contributed by atoms with Crippen molar-refractivity contribution < 1.29 is 13.9 Å². The number of hydrogen-bond acceptors (Lipinski definition) is 6. The van der Waals surface area contributed by atoms with E-state index in [1.807, 2.05) is 43.6 Å². The molecule has 0 radical (unpaired) electrons. The largest absolute Gasteiger partial charge is 0.380 e. The van der Waals surface area contributed by atoms with Crippen LogP contribution in [0.25, 0.3) is 16.9 Å². The highest BCUT2D eigenvalue weighted by Gasteiger charge is 2.34. The van der Waals surface area contributed by atoms with Gasteiger partial charge in [0.2, 0.25) is 0 Å². The van der Waals surface area contributed by atoms with Crippen molar-refractivity contribution in [1.29, 1.82) is 0 Å². The van der Waals surface area contributed by atoms with Gasteiger partial charge in [-0.15, -0.1) is 0 Å². The summed E-state index contributed by atoms with van der Waals surface area (Å²) in [4.78, 5) is 22.6. The zero-order valence-electron chi connectivity index (χ0n) is 24.0. The first kappa shape index (κ1) is 27.9. The van der Waals surface area contributed by atoms with Crippen molar-refractivity contribution in [2.45, 2.75) is 65.6 Å². The molecule has 0 saturated carbocycles. The summed E-state index contributed by atoms with van der Waals surface area (Å²) in [5.41, 5.74) is 8.10. The molecule has 1 fully saturated rings. The third-order valence-corrected chi connectivity index (χ3v) is 7.79. The van der Waals surface area contributed by atoms with Crippen LogP contribution in [0.5, 0.6) is 0 Å². The number of ether oxygens (including phenoxy) is 1. The number of halogens is 1. The van der Waals surface area contributed by atoms with Gasteiger partial charge in [-0.05, 0) is 74.6 Å². The van der Waals surface area contributed by atoms with E-state index in [0.29, 0.717) is 43.2 Å². The Morgan fingerprint density at radius 2 is 2.08 bits per heavy atom. The minimum atomic E-state index is -0.948. The van der Waals surface area contributed by atoms with Crippen LogP contribution >= 0.6 is 0 Å². The molecule has 1 aliphatic rings. The molecule has 1 unspecified atom stereocenters.